The van der Waals surface area contributed by atoms with Crippen LogP contribution in [0.1, 0.15) is 18.5 Å². The number of carbonyl (C=O) groups excluding carboxylic acids is 1. The second-order valence-corrected chi connectivity index (χ2v) is 4.15. The number of hydrogen-bond donors (Lipinski definition) is 4. The Labute approximate surface area is 111 Å². The molecule has 0 aliphatic rings. The highest BCUT2D eigenvalue weighted by Gasteiger charge is 2.06. The van der Waals surface area contributed by atoms with Crippen molar-refractivity contribution in [3.8, 4) is 0 Å². The van der Waals surface area contributed by atoms with Gasteiger partial charge in [0.2, 0.25) is 5.95 Å². The summed E-state index contributed by atoms with van der Waals surface area (Å²) in [5.41, 5.74) is 1.85. The number of imidazole rings is 1. The highest BCUT2D eigenvalue weighted by atomic mass is 16.2. The lowest BCUT2D eigenvalue weighted by Gasteiger charge is -2.12. The molecule has 2 rings (SSSR count). The van der Waals surface area contributed by atoms with Gasteiger partial charge in [0.1, 0.15) is 0 Å². The highest BCUT2D eigenvalue weighted by Crippen LogP contribution is 2.17. The molecule has 0 radical (unpaired) electrons. The Morgan fingerprint density at radius 2 is 2.21 bits per heavy atom. The Hall–Kier alpha value is -2.34. The lowest BCUT2D eigenvalue weighted by atomic mass is 10.1. The molecule has 4 N–H and O–H groups in total. The van der Waals surface area contributed by atoms with Crippen molar-refractivity contribution in [2.75, 3.05) is 17.7 Å². The zero-order valence-electron chi connectivity index (χ0n) is 10.9. The predicted molar refractivity (Wildman–Crippen MR) is 75.1 cm³/mol. The summed E-state index contributed by atoms with van der Waals surface area (Å²) in [6, 6.07) is 7.60. The van der Waals surface area contributed by atoms with Gasteiger partial charge in [-0.15, -0.1) is 0 Å². The fraction of sp³-hybridized carbons (Fsp3) is 0.231. The number of urea groups is 1. The SMILES string of the molecule is CNC(C)c1cccc(NC(=O)Nc2ncc[nH]2)c1. The summed E-state index contributed by atoms with van der Waals surface area (Å²) in [7, 11) is 1.90. The van der Waals surface area contributed by atoms with Crippen LogP contribution in [-0.4, -0.2) is 23.0 Å². The van der Waals surface area contributed by atoms with E-state index in [1.165, 1.54) is 0 Å². The Morgan fingerprint density at radius 1 is 1.37 bits per heavy atom. The third-order valence-corrected chi connectivity index (χ3v) is 2.81. The van der Waals surface area contributed by atoms with E-state index in [-0.39, 0.29) is 12.1 Å². The Morgan fingerprint density at radius 3 is 2.89 bits per heavy atom. The Kier molecular flexibility index (Phi) is 4.15. The average Bonchev–Trinajstić information content (AvgIpc) is 2.90. The van der Waals surface area contributed by atoms with Crippen LogP contribution >= 0.6 is 0 Å². The minimum atomic E-state index is -0.329. The van der Waals surface area contributed by atoms with Crippen LogP contribution in [0.4, 0.5) is 16.4 Å². The van der Waals surface area contributed by atoms with Crippen molar-refractivity contribution < 1.29 is 4.79 Å². The number of aromatic nitrogens is 2. The molecule has 0 saturated carbocycles. The summed E-state index contributed by atoms with van der Waals surface area (Å²) in [4.78, 5) is 18.5. The number of aromatic amines is 1. The van der Waals surface area contributed by atoms with Gasteiger partial charge in [-0.05, 0) is 31.7 Å². The van der Waals surface area contributed by atoms with Crippen molar-refractivity contribution in [3.63, 3.8) is 0 Å². The van der Waals surface area contributed by atoms with E-state index in [2.05, 4.69) is 32.8 Å². The zero-order valence-corrected chi connectivity index (χ0v) is 10.9. The topological polar surface area (TPSA) is 81.8 Å². The maximum atomic E-state index is 11.7. The molecule has 6 nitrogen and oxygen atoms in total. The number of carbonyl (C=O) groups is 1. The zero-order chi connectivity index (χ0) is 13.7. The summed E-state index contributed by atoms with van der Waals surface area (Å²) in [5, 5.41) is 8.52. The first-order chi connectivity index (χ1) is 9.19. The first-order valence-corrected chi connectivity index (χ1v) is 6.03. The standard InChI is InChI=1S/C13H17N5O/c1-9(14-2)10-4-3-5-11(8-10)17-13(19)18-12-15-6-7-16-12/h3-9,14H,1-2H3,(H3,15,16,17,18,19). The van der Waals surface area contributed by atoms with E-state index in [4.69, 9.17) is 0 Å². The molecule has 0 aliphatic heterocycles. The van der Waals surface area contributed by atoms with Gasteiger partial charge in [-0.1, -0.05) is 12.1 Å². The van der Waals surface area contributed by atoms with E-state index >= 15 is 0 Å². The minimum absolute atomic E-state index is 0.231. The smallest absolute Gasteiger partial charge is 0.326 e. The molecule has 1 aromatic heterocycles. The molecule has 6 heteroatoms. The van der Waals surface area contributed by atoms with Crippen LogP contribution in [0.3, 0.4) is 0 Å². The minimum Gasteiger partial charge on any atom is -0.331 e. The van der Waals surface area contributed by atoms with Crippen molar-refractivity contribution in [1.82, 2.24) is 15.3 Å². The number of rotatable bonds is 4. The van der Waals surface area contributed by atoms with E-state index in [1.807, 2.05) is 31.3 Å². The number of benzene rings is 1. The van der Waals surface area contributed by atoms with Crippen LogP contribution in [0, 0.1) is 0 Å². The maximum absolute atomic E-state index is 11.7. The normalized spacial score (nSPS) is 11.9. The van der Waals surface area contributed by atoms with Gasteiger partial charge in [0.25, 0.3) is 0 Å². The molecule has 2 aromatic rings. The third-order valence-electron chi connectivity index (χ3n) is 2.81. The molecule has 1 aromatic carbocycles. The number of nitrogens with one attached hydrogen (secondary N) is 4. The van der Waals surface area contributed by atoms with Crippen LogP contribution in [0.15, 0.2) is 36.7 Å². The number of nitrogens with zero attached hydrogens (tertiary/aromatic N) is 1. The van der Waals surface area contributed by atoms with Crippen LogP contribution in [0.2, 0.25) is 0 Å². The van der Waals surface area contributed by atoms with E-state index in [0.717, 1.165) is 11.3 Å². The van der Waals surface area contributed by atoms with Crippen molar-refractivity contribution in [2.24, 2.45) is 0 Å². The lowest BCUT2D eigenvalue weighted by molar-refractivity contribution is 0.262. The second-order valence-electron chi connectivity index (χ2n) is 4.15. The molecule has 1 unspecified atom stereocenters. The van der Waals surface area contributed by atoms with Crippen molar-refractivity contribution in [2.45, 2.75) is 13.0 Å². The fourth-order valence-electron chi connectivity index (χ4n) is 1.66. The molecule has 2 amide bonds. The van der Waals surface area contributed by atoms with Gasteiger partial charge < -0.3 is 15.6 Å². The van der Waals surface area contributed by atoms with Crippen molar-refractivity contribution in [1.29, 1.82) is 0 Å². The monoisotopic (exact) mass is 259 g/mol. The van der Waals surface area contributed by atoms with Crippen LogP contribution in [0.25, 0.3) is 0 Å². The number of hydrogen-bond acceptors (Lipinski definition) is 3. The van der Waals surface area contributed by atoms with Crippen LogP contribution in [0.5, 0.6) is 0 Å². The van der Waals surface area contributed by atoms with Crippen molar-refractivity contribution >= 4 is 17.7 Å². The molecule has 100 valence electrons. The number of anilines is 2. The summed E-state index contributed by atoms with van der Waals surface area (Å²) in [5.74, 6) is 0.414. The Bertz CT molecular complexity index is 538. The van der Waals surface area contributed by atoms with E-state index in [0.29, 0.717) is 5.95 Å². The van der Waals surface area contributed by atoms with Crippen molar-refractivity contribution in [3.05, 3.63) is 42.2 Å². The Balaban J connectivity index is 2.00. The maximum Gasteiger partial charge on any atom is 0.326 e. The van der Waals surface area contributed by atoms with E-state index in [9.17, 15) is 4.79 Å². The lowest BCUT2D eigenvalue weighted by Crippen LogP contribution is -2.20. The summed E-state index contributed by atoms with van der Waals surface area (Å²) in [6.07, 6.45) is 3.22. The van der Waals surface area contributed by atoms with Gasteiger partial charge in [-0.2, -0.15) is 0 Å². The number of amides is 2. The van der Waals surface area contributed by atoms with Gasteiger partial charge in [-0.3, -0.25) is 5.32 Å². The quantitative estimate of drug-likeness (QED) is 0.680. The molecular weight excluding hydrogens is 242 g/mol. The van der Waals surface area contributed by atoms with Gasteiger partial charge >= 0.3 is 6.03 Å². The predicted octanol–water partition coefficient (Wildman–Crippen LogP) is 2.33. The van der Waals surface area contributed by atoms with Gasteiger partial charge in [0, 0.05) is 24.1 Å². The largest absolute Gasteiger partial charge is 0.331 e. The highest BCUT2D eigenvalue weighted by molar-refractivity contribution is 5.98. The fourth-order valence-corrected chi connectivity index (χ4v) is 1.66. The first-order valence-electron chi connectivity index (χ1n) is 6.03. The summed E-state index contributed by atoms with van der Waals surface area (Å²) >= 11 is 0. The molecule has 0 bridgehead atoms. The van der Waals surface area contributed by atoms with E-state index in [1.54, 1.807) is 12.4 Å². The molecule has 0 spiro atoms. The second kappa shape index (κ2) is 6.01. The molecular formula is C13H17N5O. The summed E-state index contributed by atoms with van der Waals surface area (Å²) < 4.78 is 0. The molecule has 19 heavy (non-hydrogen) atoms. The molecule has 0 fully saturated rings. The van der Waals surface area contributed by atoms with Crippen LogP contribution in [-0.2, 0) is 0 Å². The van der Waals surface area contributed by atoms with Gasteiger partial charge in [-0.25, -0.2) is 9.78 Å². The molecule has 0 saturated heterocycles. The van der Waals surface area contributed by atoms with E-state index < -0.39 is 0 Å². The molecule has 1 heterocycles. The van der Waals surface area contributed by atoms with Gasteiger partial charge in [0.15, 0.2) is 0 Å². The van der Waals surface area contributed by atoms with Gasteiger partial charge in [0.05, 0.1) is 0 Å². The average molecular weight is 259 g/mol. The first kappa shape index (κ1) is 13.1. The number of H-pyrrole nitrogens is 1. The molecule has 0 aliphatic carbocycles. The summed E-state index contributed by atoms with van der Waals surface area (Å²) in [6.45, 7) is 2.06. The van der Waals surface area contributed by atoms with Crippen LogP contribution < -0.4 is 16.0 Å². The third kappa shape index (κ3) is 3.56. The molecule has 1 atom stereocenters.